The van der Waals surface area contributed by atoms with Crippen LogP contribution in [0.4, 0.5) is 0 Å². The van der Waals surface area contributed by atoms with E-state index in [9.17, 15) is 24.2 Å². The largest absolute Gasteiger partial charge is 0.472 e. The van der Waals surface area contributed by atoms with Gasteiger partial charge in [-0.2, -0.15) is 0 Å². The molecule has 0 amide bonds. The lowest BCUT2D eigenvalue weighted by Crippen LogP contribution is -2.29. The highest BCUT2D eigenvalue weighted by atomic mass is 31.2. The van der Waals surface area contributed by atoms with Gasteiger partial charge in [0.25, 0.3) is 0 Å². The van der Waals surface area contributed by atoms with E-state index >= 15 is 0 Å². The second-order valence-electron chi connectivity index (χ2n) is 12.9. The number of ether oxygens (including phenoxy) is 2. The minimum atomic E-state index is -4.62. The summed E-state index contributed by atoms with van der Waals surface area (Å²) in [6.45, 7) is 2.26. The van der Waals surface area contributed by atoms with E-state index in [2.05, 4.69) is 67.0 Å². The number of phosphoric ester groups is 1. The fourth-order valence-electron chi connectivity index (χ4n) is 4.87. The molecule has 0 saturated heterocycles. The summed E-state index contributed by atoms with van der Waals surface area (Å²) in [5.74, 6) is -0.984. The maximum Gasteiger partial charge on any atom is 0.472 e. The van der Waals surface area contributed by atoms with Crippen molar-refractivity contribution in [3.63, 3.8) is 0 Å². The highest BCUT2D eigenvalue weighted by Gasteiger charge is 2.27. The predicted molar refractivity (Wildman–Crippen MR) is 205 cm³/mol. The zero-order valence-corrected chi connectivity index (χ0v) is 32.7. The Hall–Kier alpha value is -2.07. The first-order valence-corrected chi connectivity index (χ1v) is 21.1. The van der Waals surface area contributed by atoms with Gasteiger partial charge in [0.15, 0.2) is 6.10 Å². The number of allylic oxidation sites excluding steroid dienone is 8. The van der Waals surface area contributed by atoms with Crippen LogP contribution in [0.3, 0.4) is 0 Å². The Kier molecular flexibility index (Phi) is 34.8. The molecule has 0 heterocycles. The number of aliphatic hydroxyl groups is 2. The second kappa shape index (κ2) is 36.3. The topological polar surface area (TPSA) is 149 Å². The molecular formula is C40H71O10P. The van der Waals surface area contributed by atoms with Gasteiger partial charge in [0.2, 0.25) is 0 Å². The van der Waals surface area contributed by atoms with E-state index in [1.165, 1.54) is 44.9 Å². The number of esters is 2. The van der Waals surface area contributed by atoms with Gasteiger partial charge < -0.3 is 24.6 Å². The Labute approximate surface area is 309 Å². The number of aliphatic hydroxyl groups excluding tert-OH is 2. The molecule has 3 N–H and O–H groups in total. The van der Waals surface area contributed by atoms with Crippen molar-refractivity contribution in [3.05, 3.63) is 48.6 Å². The van der Waals surface area contributed by atoms with Crippen LogP contribution in [0.15, 0.2) is 48.6 Å². The molecule has 1 unspecified atom stereocenters. The molecule has 10 nitrogen and oxygen atoms in total. The van der Waals surface area contributed by atoms with E-state index in [0.29, 0.717) is 12.8 Å². The lowest BCUT2D eigenvalue weighted by atomic mass is 10.1. The summed E-state index contributed by atoms with van der Waals surface area (Å²) in [7, 11) is -4.62. The Morgan fingerprint density at radius 1 is 0.588 bits per heavy atom. The van der Waals surface area contributed by atoms with Crippen LogP contribution < -0.4 is 0 Å². The van der Waals surface area contributed by atoms with E-state index in [0.717, 1.165) is 70.6 Å². The molecule has 3 atom stereocenters. The third kappa shape index (κ3) is 36.1. The molecule has 11 heteroatoms. The molecule has 0 bridgehead atoms. The van der Waals surface area contributed by atoms with Gasteiger partial charge in [-0.3, -0.25) is 18.6 Å². The van der Waals surface area contributed by atoms with E-state index in [-0.39, 0.29) is 19.4 Å². The monoisotopic (exact) mass is 742 g/mol. The Bertz CT molecular complexity index is 994. The number of phosphoric acid groups is 1. The molecule has 0 rings (SSSR count). The van der Waals surface area contributed by atoms with Gasteiger partial charge in [-0.1, -0.05) is 114 Å². The van der Waals surface area contributed by atoms with Gasteiger partial charge in [-0.25, -0.2) is 4.57 Å². The Balaban J connectivity index is 4.46. The highest BCUT2D eigenvalue weighted by molar-refractivity contribution is 7.47. The van der Waals surface area contributed by atoms with Crippen LogP contribution >= 0.6 is 7.82 Å². The first kappa shape index (κ1) is 48.9. The van der Waals surface area contributed by atoms with Crippen LogP contribution in [0.2, 0.25) is 0 Å². The molecule has 0 aromatic heterocycles. The van der Waals surface area contributed by atoms with E-state index in [1.807, 2.05) is 0 Å². The summed E-state index contributed by atoms with van der Waals surface area (Å²) >= 11 is 0. The fourth-order valence-corrected chi connectivity index (χ4v) is 5.66. The fraction of sp³-hybridized carbons (Fsp3) is 0.750. The van der Waals surface area contributed by atoms with Gasteiger partial charge in [0.1, 0.15) is 12.7 Å². The third-order valence-electron chi connectivity index (χ3n) is 7.96. The summed E-state index contributed by atoms with van der Waals surface area (Å²) in [4.78, 5) is 34.8. The van der Waals surface area contributed by atoms with Crippen LogP contribution in [-0.4, -0.2) is 65.7 Å². The molecule has 0 aliphatic heterocycles. The maximum atomic E-state index is 12.5. The average Bonchev–Trinajstić information content (AvgIpc) is 3.12. The standard InChI is InChI=1S/C40H71O10P/c1-3-5-7-9-11-13-15-17-18-20-22-24-26-28-30-32-40(44)50-38(36-49-51(45,46)48-34-37(42)33-41)35-47-39(43)31-29-27-25-23-21-19-16-14-12-10-8-6-4-2/h11,13-14,16-18,22,24,37-38,41-42H,3-10,12,15,19-21,23,25-36H2,1-2H3,(H,45,46)/b13-11+,16-14+,18-17+,24-22+/t37-,38+/m0/s1. The summed E-state index contributed by atoms with van der Waals surface area (Å²) < 4.78 is 32.5. The molecule has 0 aromatic carbocycles. The highest BCUT2D eigenvalue weighted by Crippen LogP contribution is 2.43. The van der Waals surface area contributed by atoms with Gasteiger partial charge in [0, 0.05) is 12.8 Å². The minimum absolute atomic E-state index is 0.132. The van der Waals surface area contributed by atoms with Crippen molar-refractivity contribution in [3.8, 4) is 0 Å². The first-order chi connectivity index (χ1) is 24.7. The molecule has 51 heavy (non-hydrogen) atoms. The second-order valence-corrected chi connectivity index (χ2v) is 14.4. The van der Waals surface area contributed by atoms with Gasteiger partial charge >= 0.3 is 19.8 Å². The van der Waals surface area contributed by atoms with E-state index in [4.69, 9.17) is 19.1 Å². The van der Waals surface area contributed by atoms with Crippen molar-refractivity contribution >= 4 is 19.8 Å². The lowest BCUT2D eigenvalue weighted by Gasteiger charge is -2.20. The van der Waals surface area contributed by atoms with Crippen molar-refractivity contribution in [1.82, 2.24) is 0 Å². The minimum Gasteiger partial charge on any atom is -0.462 e. The quantitative estimate of drug-likeness (QED) is 0.0245. The number of hydrogen-bond donors (Lipinski definition) is 3. The third-order valence-corrected chi connectivity index (χ3v) is 8.91. The van der Waals surface area contributed by atoms with Gasteiger partial charge in [-0.15, -0.1) is 0 Å². The van der Waals surface area contributed by atoms with Crippen LogP contribution in [0, 0.1) is 0 Å². The Morgan fingerprint density at radius 2 is 1.02 bits per heavy atom. The van der Waals surface area contributed by atoms with Crippen LogP contribution in [0.25, 0.3) is 0 Å². The normalized spacial score (nSPS) is 14.5. The molecule has 0 aliphatic carbocycles. The smallest absolute Gasteiger partial charge is 0.462 e. The molecular weight excluding hydrogens is 671 g/mol. The number of hydrogen-bond acceptors (Lipinski definition) is 9. The SMILES string of the molecule is CCCCC/C=C/C/C=C/C/C=C/CCCCC(=O)O[C@H](COC(=O)CCCCCCC/C=C/CCCCCC)COP(=O)(O)OC[C@@H](O)CO. The first-order valence-electron chi connectivity index (χ1n) is 19.6. The number of carbonyl (C=O) groups is 2. The van der Waals surface area contributed by atoms with Crippen molar-refractivity contribution in [2.45, 2.75) is 167 Å². The van der Waals surface area contributed by atoms with Crippen LogP contribution in [0.1, 0.15) is 155 Å². The summed E-state index contributed by atoms with van der Waals surface area (Å²) in [5, 5.41) is 18.3. The number of carbonyl (C=O) groups excluding carboxylic acids is 2. The van der Waals surface area contributed by atoms with Gasteiger partial charge in [-0.05, 0) is 77.0 Å². The molecule has 0 saturated carbocycles. The van der Waals surface area contributed by atoms with Crippen molar-refractivity contribution in [1.29, 1.82) is 0 Å². The van der Waals surface area contributed by atoms with E-state index in [1.54, 1.807) is 0 Å². The van der Waals surface area contributed by atoms with Crippen molar-refractivity contribution in [2.75, 3.05) is 26.4 Å². The molecule has 0 spiro atoms. The van der Waals surface area contributed by atoms with Gasteiger partial charge in [0.05, 0.1) is 19.8 Å². The van der Waals surface area contributed by atoms with Crippen LogP contribution in [-0.2, 0) is 32.7 Å². The van der Waals surface area contributed by atoms with Crippen molar-refractivity contribution in [2.24, 2.45) is 0 Å². The summed E-state index contributed by atoms with van der Waals surface area (Å²) in [6.07, 6.45) is 36.5. The number of rotatable bonds is 36. The average molecular weight is 743 g/mol. The Morgan fingerprint density at radius 3 is 1.63 bits per heavy atom. The number of unbranched alkanes of at least 4 members (excludes halogenated alkanes) is 14. The zero-order chi connectivity index (χ0) is 37.7. The summed E-state index contributed by atoms with van der Waals surface area (Å²) in [6, 6.07) is 0. The van der Waals surface area contributed by atoms with Crippen LogP contribution in [0.5, 0.6) is 0 Å². The summed E-state index contributed by atoms with van der Waals surface area (Å²) in [5.41, 5.74) is 0. The molecule has 0 aliphatic rings. The molecule has 0 fully saturated rings. The lowest BCUT2D eigenvalue weighted by molar-refractivity contribution is -0.161. The van der Waals surface area contributed by atoms with E-state index < -0.39 is 51.8 Å². The molecule has 296 valence electrons. The zero-order valence-electron chi connectivity index (χ0n) is 31.8. The molecule has 0 radical (unpaired) electrons. The predicted octanol–water partition coefficient (Wildman–Crippen LogP) is 9.77. The maximum absolute atomic E-state index is 12.5. The van der Waals surface area contributed by atoms with Crippen molar-refractivity contribution < 1.29 is 47.8 Å². The molecule has 0 aromatic rings.